The molecule has 1 aromatic carbocycles. The predicted octanol–water partition coefficient (Wildman–Crippen LogP) is 0.122. The van der Waals surface area contributed by atoms with Gasteiger partial charge in [-0.05, 0) is 13.0 Å². The molecule has 0 aliphatic rings. The molecule has 0 aliphatic heterocycles. The fourth-order valence-electron chi connectivity index (χ4n) is 0.986. The minimum atomic E-state index is -0.249. The molecule has 0 unspecified atom stereocenters. The molecule has 0 saturated heterocycles. The molecular weight excluding hydrogens is 151 g/mol. The lowest BCUT2D eigenvalue weighted by molar-refractivity contribution is 0.0526. The lowest BCUT2D eigenvalue weighted by atomic mass is 9.94. The Labute approximate surface area is 73.0 Å². The summed E-state index contributed by atoms with van der Waals surface area (Å²) in [5.41, 5.74) is 1.69. The van der Waals surface area contributed by atoms with Crippen LogP contribution in [0.5, 0.6) is 0 Å². The van der Waals surface area contributed by atoms with Gasteiger partial charge in [-0.15, -0.1) is 0 Å². The molecule has 0 bridgehead atoms. The van der Waals surface area contributed by atoms with Gasteiger partial charge in [-0.2, -0.15) is 0 Å². The number of hydrogen-bond donors (Lipinski definition) is 0. The van der Waals surface area contributed by atoms with Crippen molar-refractivity contribution in [3.63, 3.8) is 0 Å². The first-order valence-electron chi connectivity index (χ1n) is 3.98. The van der Waals surface area contributed by atoms with E-state index in [-0.39, 0.29) is 5.97 Å². The third-order valence-electron chi connectivity index (χ3n) is 1.53. The average Bonchev–Trinajstić information content (AvgIpc) is 2.05. The topological polar surface area (TPSA) is 26.3 Å². The second-order valence-electron chi connectivity index (χ2n) is 2.59. The Balaban J connectivity index is 2.81. The smallest absolute Gasteiger partial charge is 0.338 e. The van der Waals surface area contributed by atoms with Gasteiger partial charge in [0.1, 0.15) is 7.85 Å². The Morgan fingerprint density at radius 2 is 2.33 bits per heavy atom. The molecule has 0 N–H and O–H groups in total. The molecule has 1 aromatic rings. The predicted molar refractivity (Wildman–Crippen MR) is 50.6 cm³/mol. The minimum Gasteiger partial charge on any atom is -0.462 e. The van der Waals surface area contributed by atoms with Crippen LogP contribution < -0.4 is 5.46 Å². The quantitative estimate of drug-likeness (QED) is 0.456. The summed E-state index contributed by atoms with van der Waals surface area (Å²) in [7, 11) is 1.95. The molecule has 3 heteroatoms. The van der Waals surface area contributed by atoms with Gasteiger partial charge in [-0.3, -0.25) is 0 Å². The summed E-state index contributed by atoms with van der Waals surface area (Å²) in [5, 5.41) is 0. The number of esters is 1. The highest BCUT2D eigenvalue weighted by molar-refractivity contribution is 6.32. The number of hydrogen-bond acceptors (Lipinski definition) is 2. The first kappa shape index (κ1) is 8.85. The van der Waals surface area contributed by atoms with Crippen LogP contribution in [-0.2, 0) is 4.74 Å². The highest BCUT2D eigenvalue weighted by Crippen LogP contribution is 1.98. The van der Waals surface area contributed by atoms with Crippen molar-refractivity contribution < 1.29 is 9.53 Å². The van der Waals surface area contributed by atoms with Crippen LogP contribution in [0.1, 0.15) is 17.3 Å². The summed E-state index contributed by atoms with van der Waals surface area (Å²) in [6.45, 7) is 2.22. The van der Waals surface area contributed by atoms with Gasteiger partial charge in [0.05, 0.1) is 12.2 Å². The molecule has 0 fully saturated rings. The third kappa shape index (κ3) is 2.12. The summed E-state index contributed by atoms with van der Waals surface area (Å²) >= 11 is 0. The second kappa shape index (κ2) is 3.95. The zero-order valence-electron chi connectivity index (χ0n) is 7.33. The van der Waals surface area contributed by atoms with E-state index < -0.39 is 0 Å². The maximum Gasteiger partial charge on any atom is 0.338 e. The number of rotatable bonds is 2. The summed E-state index contributed by atoms with van der Waals surface area (Å²) in [6.07, 6.45) is 0. The van der Waals surface area contributed by atoms with E-state index in [2.05, 4.69) is 0 Å². The van der Waals surface area contributed by atoms with Crippen molar-refractivity contribution in [1.82, 2.24) is 0 Å². The normalized spacial score (nSPS) is 9.42. The monoisotopic (exact) mass is 162 g/mol. The van der Waals surface area contributed by atoms with E-state index in [1.165, 1.54) is 0 Å². The molecule has 2 nitrogen and oxygen atoms in total. The van der Waals surface area contributed by atoms with Gasteiger partial charge in [-0.25, -0.2) is 4.79 Å². The Kier molecular flexibility index (Phi) is 2.91. The Morgan fingerprint density at radius 1 is 1.58 bits per heavy atom. The summed E-state index contributed by atoms with van der Waals surface area (Å²) in [6, 6.07) is 7.37. The third-order valence-corrected chi connectivity index (χ3v) is 1.53. The molecule has 0 aliphatic carbocycles. The number of carbonyl (C=O) groups is 1. The van der Waals surface area contributed by atoms with Gasteiger partial charge in [0.2, 0.25) is 0 Å². The Hall–Kier alpha value is -1.25. The fraction of sp³-hybridized carbons (Fsp3) is 0.222. The molecule has 0 amide bonds. The summed E-state index contributed by atoms with van der Waals surface area (Å²) in [5.74, 6) is -0.249. The van der Waals surface area contributed by atoms with Crippen molar-refractivity contribution in [2.75, 3.05) is 6.61 Å². The minimum absolute atomic E-state index is 0.249. The van der Waals surface area contributed by atoms with Crippen molar-refractivity contribution in [3.05, 3.63) is 29.8 Å². The molecule has 0 radical (unpaired) electrons. The molecule has 12 heavy (non-hydrogen) atoms. The highest BCUT2D eigenvalue weighted by Gasteiger charge is 2.04. The van der Waals surface area contributed by atoms with E-state index in [0.717, 1.165) is 5.46 Å². The molecule has 0 atom stereocenters. The highest BCUT2D eigenvalue weighted by atomic mass is 16.5. The zero-order valence-corrected chi connectivity index (χ0v) is 7.33. The van der Waals surface area contributed by atoms with Gasteiger partial charge in [-0.1, -0.05) is 23.7 Å². The largest absolute Gasteiger partial charge is 0.462 e. The number of benzene rings is 1. The second-order valence-corrected chi connectivity index (χ2v) is 2.59. The van der Waals surface area contributed by atoms with Crippen LogP contribution in [0.2, 0.25) is 0 Å². The maximum atomic E-state index is 11.2. The Bertz CT molecular complexity index is 284. The lowest BCUT2D eigenvalue weighted by Gasteiger charge is -2.01. The standard InChI is InChI=1S/C9H11BO2/c1-2-12-9(11)7-4-3-5-8(10)6-7/h3-6H,2,10H2,1H3. The average molecular weight is 162 g/mol. The summed E-state index contributed by atoms with van der Waals surface area (Å²) in [4.78, 5) is 11.2. The van der Waals surface area contributed by atoms with Crippen molar-refractivity contribution in [1.29, 1.82) is 0 Å². The van der Waals surface area contributed by atoms with Gasteiger partial charge in [0.15, 0.2) is 0 Å². The van der Waals surface area contributed by atoms with Crippen LogP contribution in [0.3, 0.4) is 0 Å². The molecule has 62 valence electrons. The van der Waals surface area contributed by atoms with E-state index >= 15 is 0 Å². The van der Waals surface area contributed by atoms with Gasteiger partial charge < -0.3 is 4.74 Å². The molecular formula is C9H11BO2. The van der Waals surface area contributed by atoms with E-state index in [4.69, 9.17) is 4.74 Å². The zero-order chi connectivity index (χ0) is 8.97. The van der Waals surface area contributed by atoms with Crippen molar-refractivity contribution in [2.45, 2.75) is 6.92 Å². The van der Waals surface area contributed by atoms with Crippen LogP contribution in [0.15, 0.2) is 24.3 Å². The first-order valence-corrected chi connectivity index (χ1v) is 3.98. The maximum absolute atomic E-state index is 11.2. The number of ether oxygens (including phenoxy) is 1. The van der Waals surface area contributed by atoms with E-state index in [1.807, 2.05) is 26.0 Å². The van der Waals surface area contributed by atoms with Gasteiger partial charge in [0.25, 0.3) is 0 Å². The van der Waals surface area contributed by atoms with E-state index in [0.29, 0.717) is 12.2 Å². The number of carbonyl (C=O) groups excluding carboxylic acids is 1. The molecule has 0 saturated carbocycles. The van der Waals surface area contributed by atoms with Crippen molar-refractivity contribution in [2.24, 2.45) is 0 Å². The molecule has 0 heterocycles. The van der Waals surface area contributed by atoms with Gasteiger partial charge >= 0.3 is 5.97 Å². The SMILES string of the molecule is Bc1cccc(C(=O)OCC)c1. The van der Waals surface area contributed by atoms with Crippen molar-refractivity contribution in [3.8, 4) is 0 Å². The summed E-state index contributed by atoms with van der Waals surface area (Å²) < 4.78 is 4.84. The fourth-order valence-corrected chi connectivity index (χ4v) is 0.986. The van der Waals surface area contributed by atoms with Crippen LogP contribution >= 0.6 is 0 Å². The van der Waals surface area contributed by atoms with Crippen molar-refractivity contribution >= 4 is 19.3 Å². The van der Waals surface area contributed by atoms with E-state index in [1.54, 1.807) is 13.0 Å². The molecule has 0 spiro atoms. The lowest BCUT2D eigenvalue weighted by Crippen LogP contribution is -2.09. The van der Waals surface area contributed by atoms with Crippen LogP contribution in [0.25, 0.3) is 0 Å². The molecule has 1 rings (SSSR count). The van der Waals surface area contributed by atoms with Crippen LogP contribution in [0, 0.1) is 0 Å². The Morgan fingerprint density at radius 3 is 2.92 bits per heavy atom. The molecule has 0 aromatic heterocycles. The van der Waals surface area contributed by atoms with Crippen LogP contribution in [-0.4, -0.2) is 20.4 Å². The van der Waals surface area contributed by atoms with Crippen LogP contribution in [0.4, 0.5) is 0 Å². The van der Waals surface area contributed by atoms with Gasteiger partial charge in [0, 0.05) is 0 Å². The first-order chi connectivity index (χ1) is 5.74. The van der Waals surface area contributed by atoms with E-state index in [9.17, 15) is 4.79 Å².